The Morgan fingerprint density at radius 1 is 1.21 bits per heavy atom. The lowest BCUT2D eigenvalue weighted by Crippen LogP contribution is -2.14. The lowest BCUT2D eigenvalue weighted by atomic mass is 10.0. The molecule has 0 spiro atoms. The normalized spacial score (nSPS) is 12.4. The van der Waals surface area contributed by atoms with Crippen molar-refractivity contribution in [3.05, 3.63) is 17.8 Å². The first-order chi connectivity index (χ1) is 9.30. The van der Waals surface area contributed by atoms with Crippen molar-refractivity contribution in [2.75, 3.05) is 13.2 Å². The molecule has 1 rings (SSSR count). The van der Waals surface area contributed by atoms with Crippen LogP contribution >= 0.6 is 0 Å². The average Bonchev–Trinajstić information content (AvgIpc) is 2.46. The summed E-state index contributed by atoms with van der Waals surface area (Å²) < 4.78 is 5.72. The molecule has 0 aliphatic carbocycles. The zero-order valence-electron chi connectivity index (χ0n) is 12.5. The molecule has 0 aromatic carbocycles. The van der Waals surface area contributed by atoms with Gasteiger partial charge in [0.25, 0.3) is 0 Å². The van der Waals surface area contributed by atoms with Crippen molar-refractivity contribution in [2.45, 2.75) is 53.0 Å². The van der Waals surface area contributed by atoms with Gasteiger partial charge in [0, 0.05) is 12.6 Å². The van der Waals surface area contributed by atoms with Gasteiger partial charge in [-0.15, -0.1) is 5.10 Å². The number of ether oxygens (including phenoxy) is 1. The second-order valence-corrected chi connectivity index (χ2v) is 4.87. The standard InChI is InChI=1S/C15H27N3O/c1-4-7-8-13(5-2)12-19-15-10-9-14(17-18-15)11-16-6-3/h9-10,13,16H,4-8,11-12H2,1-3H3. The van der Waals surface area contributed by atoms with Crippen molar-refractivity contribution in [1.29, 1.82) is 0 Å². The van der Waals surface area contributed by atoms with E-state index in [4.69, 9.17) is 4.74 Å². The predicted octanol–water partition coefficient (Wildman–Crippen LogP) is 3.18. The highest BCUT2D eigenvalue weighted by Gasteiger charge is 2.07. The summed E-state index contributed by atoms with van der Waals surface area (Å²) in [6.45, 7) is 8.97. The van der Waals surface area contributed by atoms with E-state index in [0.717, 1.165) is 31.8 Å². The van der Waals surface area contributed by atoms with Crippen LogP contribution < -0.4 is 10.1 Å². The van der Waals surface area contributed by atoms with Gasteiger partial charge in [-0.3, -0.25) is 0 Å². The molecule has 1 unspecified atom stereocenters. The number of aromatic nitrogens is 2. The predicted molar refractivity (Wildman–Crippen MR) is 78.2 cm³/mol. The number of nitrogens with zero attached hydrogens (tertiary/aromatic N) is 2. The van der Waals surface area contributed by atoms with Gasteiger partial charge in [0.2, 0.25) is 5.88 Å². The molecule has 0 aliphatic heterocycles. The fourth-order valence-electron chi connectivity index (χ4n) is 1.87. The highest BCUT2D eigenvalue weighted by Crippen LogP contribution is 2.14. The number of nitrogens with one attached hydrogen (secondary N) is 1. The van der Waals surface area contributed by atoms with Crippen molar-refractivity contribution in [3.63, 3.8) is 0 Å². The van der Waals surface area contributed by atoms with Crippen LogP contribution in [-0.4, -0.2) is 23.3 Å². The van der Waals surface area contributed by atoms with E-state index < -0.39 is 0 Å². The SMILES string of the molecule is CCCCC(CC)COc1ccc(CNCC)nn1. The van der Waals surface area contributed by atoms with E-state index in [1.165, 1.54) is 19.3 Å². The molecule has 0 aliphatic rings. The third-order valence-electron chi connectivity index (χ3n) is 3.26. The molecular formula is C15H27N3O. The lowest BCUT2D eigenvalue weighted by Gasteiger charge is -2.14. The molecule has 1 heterocycles. The van der Waals surface area contributed by atoms with Gasteiger partial charge in [-0.1, -0.05) is 40.0 Å². The highest BCUT2D eigenvalue weighted by molar-refractivity contribution is 5.11. The maximum absolute atomic E-state index is 5.72. The van der Waals surface area contributed by atoms with Crippen LogP contribution in [0.25, 0.3) is 0 Å². The smallest absolute Gasteiger partial charge is 0.233 e. The second-order valence-electron chi connectivity index (χ2n) is 4.87. The summed E-state index contributed by atoms with van der Waals surface area (Å²) in [6, 6.07) is 3.88. The van der Waals surface area contributed by atoms with Crippen LogP contribution in [0.4, 0.5) is 0 Å². The van der Waals surface area contributed by atoms with Gasteiger partial charge in [0.15, 0.2) is 0 Å². The molecule has 4 nitrogen and oxygen atoms in total. The molecular weight excluding hydrogens is 238 g/mol. The molecule has 0 bridgehead atoms. The zero-order valence-corrected chi connectivity index (χ0v) is 12.5. The van der Waals surface area contributed by atoms with Crippen molar-refractivity contribution >= 4 is 0 Å². The van der Waals surface area contributed by atoms with E-state index in [9.17, 15) is 0 Å². The largest absolute Gasteiger partial charge is 0.476 e. The molecule has 1 atom stereocenters. The third kappa shape index (κ3) is 6.53. The summed E-state index contributed by atoms with van der Waals surface area (Å²) in [4.78, 5) is 0. The Labute approximate surface area is 117 Å². The summed E-state index contributed by atoms with van der Waals surface area (Å²) in [5.41, 5.74) is 0.951. The Balaban J connectivity index is 2.35. The van der Waals surface area contributed by atoms with E-state index >= 15 is 0 Å². The fourth-order valence-corrected chi connectivity index (χ4v) is 1.87. The topological polar surface area (TPSA) is 47.0 Å². The molecule has 1 aromatic heterocycles. The average molecular weight is 265 g/mol. The van der Waals surface area contributed by atoms with E-state index in [0.29, 0.717) is 11.8 Å². The number of rotatable bonds is 10. The van der Waals surface area contributed by atoms with Gasteiger partial charge >= 0.3 is 0 Å². The Morgan fingerprint density at radius 2 is 2.05 bits per heavy atom. The molecule has 1 aromatic rings. The molecule has 0 fully saturated rings. The molecule has 19 heavy (non-hydrogen) atoms. The maximum atomic E-state index is 5.72. The minimum Gasteiger partial charge on any atom is -0.476 e. The van der Waals surface area contributed by atoms with Crippen LogP contribution in [-0.2, 0) is 6.54 Å². The molecule has 1 N–H and O–H groups in total. The first kappa shape index (κ1) is 15.9. The van der Waals surface area contributed by atoms with Crippen molar-refractivity contribution in [3.8, 4) is 5.88 Å². The van der Waals surface area contributed by atoms with E-state index in [1.807, 2.05) is 12.1 Å². The first-order valence-corrected chi connectivity index (χ1v) is 7.46. The minimum atomic E-state index is 0.628. The minimum absolute atomic E-state index is 0.628. The number of hydrogen-bond donors (Lipinski definition) is 1. The summed E-state index contributed by atoms with van der Waals surface area (Å²) in [5, 5.41) is 11.5. The van der Waals surface area contributed by atoms with Gasteiger partial charge in [0.1, 0.15) is 0 Å². The Bertz CT molecular complexity index is 327. The third-order valence-corrected chi connectivity index (χ3v) is 3.26. The van der Waals surface area contributed by atoms with Crippen molar-refractivity contribution in [1.82, 2.24) is 15.5 Å². The van der Waals surface area contributed by atoms with Crippen LogP contribution in [0.1, 0.15) is 52.1 Å². The van der Waals surface area contributed by atoms with Gasteiger partial charge < -0.3 is 10.1 Å². The van der Waals surface area contributed by atoms with Crippen LogP contribution in [0.2, 0.25) is 0 Å². The van der Waals surface area contributed by atoms with Gasteiger partial charge in [-0.25, -0.2) is 0 Å². The molecule has 0 amide bonds. The maximum Gasteiger partial charge on any atom is 0.233 e. The van der Waals surface area contributed by atoms with Crippen LogP contribution in [0.3, 0.4) is 0 Å². The Kier molecular flexibility index (Phi) is 8.14. The monoisotopic (exact) mass is 265 g/mol. The van der Waals surface area contributed by atoms with Gasteiger partial charge in [0.05, 0.1) is 12.3 Å². The molecule has 108 valence electrons. The van der Waals surface area contributed by atoms with Gasteiger partial charge in [-0.05, 0) is 24.9 Å². The van der Waals surface area contributed by atoms with Crippen LogP contribution in [0.15, 0.2) is 12.1 Å². The summed E-state index contributed by atoms with van der Waals surface area (Å²) in [5.74, 6) is 1.26. The fraction of sp³-hybridized carbons (Fsp3) is 0.733. The lowest BCUT2D eigenvalue weighted by molar-refractivity contribution is 0.223. The molecule has 4 heteroatoms. The van der Waals surface area contributed by atoms with E-state index in [-0.39, 0.29) is 0 Å². The quantitative estimate of drug-likeness (QED) is 0.706. The summed E-state index contributed by atoms with van der Waals surface area (Å²) in [7, 11) is 0. The molecule has 0 saturated heterocycles. The van der Waals surface area contributed by atoms with Crippen LogP contribution in [0.5, 0.6) is 5.88 Å². The zero-order chi connectivity index (χ0) is 13.9. The Morgan fingerprint density at radius 3 is 2.63 bits per heavy atom. The van der Waals surface area contributed by atoms with Gasteiger partial charge in [-0.2, -0.15) is 5.10 Å². The van der Waals surface area contributed by atoms with Crippen molar-refractivity contribution in [2.24, 2.45) is 5.92 Å². The van der Waals surface area contributed by atoms with Crippen LogP contribution in [0, 0.1) is 5.92 Å². The first-order valence-electron chi connectivity index (χ1n) is 7.46. The van der Waals surface area contributed by atoms with Crippen molar-refractivity contribution < 1.29 is 4.74 Å². The highest BCUT2D eigenvalue weighted by atomic mass is 16.5. The van der Waals surface area contributed by atoms with E-state index in [1.54, 1.807) is 0 Å². The number of unbranched alkanes of at least 4 members (excludes halogenated alkanes) is 1. The summed E-state index contributed by atoms with van der Waals surface area (Å²) in [6.07, 6.45) is 4.91. The second kappa shape index (κ2) is 9.73. The summed E-state index contributed by atoms with van der Waals surface area (Å²) >= 11 is 0. The Hall–Kier alpha value is -1.16. The number of hydrogen-bond acceptors (Lipinski definition) is 4. The van der Waals surface area contributed by atoms with E-state index in [2.05, 4.69) is 36.3 Å². The molecule has 0 radical (unpaired) electrons. The molecule has 0 saturated carbocycles.